The molecular formula is C16H24BrN3. The van der Waals surface area contributed by atoms with Gasteiger partial charge in [0.2, 0.25) is 0 Å². The van der Waals surface area contributed by atoms with Crippen LogP contribution in [-0.4, -0.2) is 47.5 Å². The van der Waals surface area contributed by atoms with E-state index in [0.717, 1.165) is 16.9 Å². The van der Waals surface area contributed by atoms with Gasteiger partial charge in [0, 0.05) is 23.8 Å². The Morgan fingerprint density at radius 1 is 1.05 bits per heavy atom. The second-order valence-corrected chi connectivity index (χ2v) is 7.11. The average molecular weight is 338 g/mol. The third kappa shape index (κ3) is 4.03. The van der Waals surface area contributed by atoms with Crippen LogP contribution < -0.4 is 0 Å². The molecular weight excluding hydrogens is 314 g/mol. The lowest BCUT2D eigenvalue weighted by atomic mass is 9.96. The van der Waals surface area contributed by atoms with E-state index in [9.17, 15) is 0 Å². The normalized spacial score (nSPS) is 22.4. The van der Waals surface area contributed by atoms with Crippen molar-refractivity contribution >= 4 is 15.9 Å². The summed E-state index contributed by atoms with van der Waals surface area (Å²) in [5.74, 6) is 0.919. The topological polar surface area (TPSA) is 19.4 Å². The van der Waals surface area contributed by atoms with Crippen LogP contribution in [-0.2, 0) is 6.54 Å². The zero-order valence-corrected chi connectivity index (χ0v) is 13.7. The third-order valence-corrected chi connectivity index (χ3v) is 5.07. The van der Waals surface area contributed by atoms with E-state index in [1.807, 2.05) is 6.20 Å². The third-order valence-electron chi connectivity index (χ3n) is 4.60. The standard InChI is InChI=1S/C16H24BrN3/c17-15-3-4-16(18-11-15)13-20-9-5-14(6-10-20)12-19-7-1-2-8-19/h3-4,11,14H,1-2,5-10,12-13H2. The summed E-state index contributed by atoms with van der Waals surface area (Å²) in [6, 6.07) is 4.21. The van der Waals surface area contributed by atoms with E-state index in [-0.39, 0.29) is 0 Å². The number of nitrogens with zero attached hydrogens (tertiary/aromatic N) is 3. The molecule has 0 atom stereocenters. The van der Waals surface area contributed by atoms with Gasteiger partial charge in [0.05, 0.1) is 5.69 Å². The molecule has 20 heavy (non-hydrogen) atoms. The summed E-state index contributed by atoms with van der Waals surface area (Å²) >= 11 is 3.44. The molecule has 2 saturated heterocycles. The van der Waals surface area contributed by atoms with Gasteiger partial charge in [-0.25, -0.2) is 0 Å². The minimum absolute atomic E-state index is 0.919. The van der Waals surface area contributed by atoms with Crippen LogP contribution in [0.3, 0.4) is 0 Å². The molecule has 0 amide bonds. The lowest BCUT2D eigenvalue weighted by Gasteiger charge is -2.33. The second kappa shape index (κ2) is 7.01. The molecule has 3 nitrogen and oxygen atoms in total. The van der Waals surface area contributed by atoms with Crippen molar-refractivity contribution in [2.45, 2.75) is 32.2 Å². The van der Waals surface area contributed by atoms with Crippen molar-refractivity contribution in [3.8, 4) is 0 Å². The summed E-state index contributed by atoms with van der Waals surface area (Å²) in [5, 5.41) is 0. The Morgan fingerprint density at radius 2 is 1.80 bits per heavy atom. The maximum absolute atomic E-state index is 4.48. The van der Waals surface area contributed by atoms with Gasteiger partial charge in [-0.15, -0.1) is 0 Å². The van der Waals surface area contributed by atoms with E-state index in [4.69, 9.17) is 0 Å². The van der Waals surface area contributed by atoms with Crippen molar-refractivity contribution in [3.05, 3.63) is 28.5 Å². The molecule has 2 aliphatic rings. The van der Waals surface area contributed by atoms with Crippen LogP contribution in [0.15, 0.2) is 22.8 Å². The zero-order valence-electron chi connectivity index (χ0n) is 12.1. The highest BCUT2D eigenvalue weighted by Crippen LogP contribution is 2.21. The molecule has 2 fully saturated rings. The fourth-order valence-electron chi connectivity index (χ4n) is 3.39. The summed E-state index contributed by atoms with van der Waals surface area (Å²) in [6.07, 6.45) is 7.43. The Hall–Kier alpha value is -0.450. The maximum atomic E-state index is 4.48. The highest BCUT2D eigenvalue weighted by molar-refractivity contribution is 9.10. The lowest BCUT2D eigenvalue weighted by molar-refractivity contribution is 0.147. The smallest absolute Gasteiger partial charge is 0.0544 e. The molecule has 0 radical (unpaired) electrons. The minimum Gasteiger partial charge on any atom is -0.303 e. The van der Waals surface area contributed by atoms with E-state index in [0.29, 0.717) is 0 Å². The van der Waals surface area contributed by atoms with E-state index in [2.05, 4.69) is 42.8 Å². The van der Waals surface area contributed by atoms with Crippen LogP contribution in [0.2, 0.25) is 0 Å². The number of pyridine rings is 1. The molecule has 0 unspecified atom stereocenters. The molecule has 0 spiro atoms. The Labute approximate surface area is 130 Å². The van der Waals surface area contributed by atoms with Gasteiger partial charge in [-0.1, -0.05) is 0 Å². The molecule has 1 aromatic heterocycles. The van der Waals surface area contributed by atoms with Crippen molar-refractivity contribution in [1.29, 1.82) is 0 Å². The SMILES string of the molecule is Brc1ccc(CN2CCC(CN3CCCC3)CC2)nc1. The van der Waals surface area contributed by atoms with E-state index in [1.165, 1.54) is 64.1 Å². The van der Waals surface area contributed by atoms with Gasteiger partial charge < -0.3 is 4.90 Å². The molecule has 110 valence electrons. The van der Waals surface area contributed by atoms with Crippen LogP contribution in [0, 0.1) is 5.92 Å². The first-order chi connectivity index (χ1) is 9.79. The van der Waals surface area contributed by atoms with Gasteiger partial charge >= 0.3 is 0 Å². The summed E-state index contributed by atoms with van der Waals surface area (Å²) in [7, 11) is 0. The predicted molar refractivity (Wildman–Crippen MR) is 85.6 cm³/mol. The second-order valence-electron chi connectivity index (χ2n) is 6.19. The van der Waals surface area contributed by atoms with E-state index in [1.54, 1.807) is 0 Å². The van der Waals surface area contributed by atoms with Crippen LogP contribution in [0.5, 0.6) is 0 Å². The monoisotopic (exact) mass is 337 g/mol. The largest absolute Gasteiger partial charge is 0.303 e. The highest BCUT2D eigenvalue weighted by Gasteiger charge is 2.22. The first-order valence-electron chi connectivity index (χ1n) is 7.85. The van der Waals surface area contributed by atoms with Gasteiger partial charge in [0.1, 0.15) is 0 Å². The summed E-state index contributed by atoms with van der Waals surface area (Å²) in [6.45, 7) is 7.48. The number of hydrogen-bond donors (Lipinski definition) is 0. The van der Waals surface area contributed by atoms with Crippen molar-refractivity contribution in [3.63, 3.8) is 0 Å². The van der Waals surface area contributed by atoms with Gasteiger partial charge in [-0.05, 0) is 85.8 Å². The van der Waals surface area contributed by atoms with Crippen molar-refractivity contribution in [1.82, 2.24) is 14.8 Å². The zero-order chi connectivity index (χ0) is 13.8. The molecule has 2 aliphatic heterocycles. The van der Waals surface area contributed by atoms with Crippen LogP contribution in [0.4, 0.5) is 0 Å². The molecule has 0 N–H and O–H groups in total. The molecule has 0 aliphatic carbocycles. The predicted octanol–water partition coefficient (Wildman–Crippen LogP) is 3.15. The number of halogens is 1. The van der Waals surface area contributed by atoms with Crippen molar-refractivity contribution < 1.29 is 0 Å². The first kappa shape index (κ1) is 14.5. The minimum atomic E-state index is 0.919. The number of likely N-dealkylation sites (tertiary alicyclic amines) is 2. The molecule has 0 bridgehead atoms. The molecule has 0 aromatic carbocycles. The summed E-state index contributed by atoms with van der Waals surface area (Å²) < 4.78 is 1.06. The van der Waals surface area contributed by atoms with Gasteiger partial charge in [-0.3, -0.25) is 9.88 Å². The maximum Gasteiger partial charge on any atom is 0.0544 e. The van der Waals surface area contributed by atoms with Gasteiger partial charge in [0.25, 0.3) is 0 Å². The average Bonchev–Trinajstić information content (AvgIpc) is 2.96. The fraction of sp³-hybridized carbons (Fsp3) is 0.688. The lowest BCUT2D eigenvalue weighted by Crippen LogP contribution is -2.37. The van der Waals surface area contributed by atoms with E-state index >= 15 is 0 Å². The highest BCUT2D eigenvalue weighted by atomic mass is 79.9. The number of piperidine rings is 1. The molecule has 3 rings (SSSR count). The van der Waals surface area contributed by atoms with E-state index < -0.39 is 0 Å². The molecule has 3 heterocycles. The van der Waals surface area contributed by atoms with Crippen LogP contribution in [0.1, 0.15) is 31.4 Å². The fourth-order valence-corrected chi connectivity index (χ4v) is 3.62. The summed E-state index contributed by atoms with van der Waals surface area (Å²) in [4.78, 5) is 9.69. The Bertz CT molecular complexity index is 406. The first-order valence-corrected chi connectivity index (χ1v) is 8.64. The van der Waals surface area contributed by atoms with Crippen molar-refractivity contribution in [2.75, 3.05) is 32.7 Å². The quantitative estimate of drug-likeness (QED) is 0.841. The van der Waals surface area contributed by atoms with Gasteiger partial charge in [-0.2, -0.15) is 0 Å². The number of aromatic nitrogens is 1. The molecule has 1 aromatic rings. The molecule has 4 heteroatoms. The van der Waals surface area contributed by atoms with Crippen LogP contribution in [0.25, 0.3) is 0 Å². The Morgan fingerprint density at radius 3 is 2.45 bits per heavy atom. The van der Waals surface area contributed by atoms with Crippen LogP contribution >= 0.6 is 15.9 Å². The number of hydrogen-bond acceptors (Lipinski definition) is 3. The Balaban J connectivity index is 1.42. The summed E-state index contributed by atoms with van der Waals surface area (Å²) in [5.41, 5.74) is 1.19. The Kier molecular flexibility index (Phi) is 5.08. The number of rotatable bonds is 4. The van der Waals surface area contributed by atoms with Crippen molar-refractivity contribution in [2.24, 2.45) is 5.92 Å². The van der Waals surface area contributed by atoms with Gasteiger partial charge in [0.15, 0.2) is 0 Å². The molecule has 0 saturated carbocycles.